The average molecular weight is 380 g/mol. The SMILES string of the molecule is CCOC(=O)c1ccccc1Nc1cc(NCc2ccccc2F)nc(C)n1. The molecule has 1 heterocycles. The lowest BCUT2D eigenvalue weighted by Gasteiger charge is -2.13. The van der Waals surface area contributed by atoms with Crippen LogP contribution in [0.25, 0.3) is 0 Å². The molecule has 3 rings (SSSR count). The van der Waals surface area contributed by atoms with E-state index in [-0.39, 0.29) is 5.82 Å². The highest BCUT2D eigenvalue weighted by Gasteiger charge is 2.13. The number of nitrogens with zero attached hydrogens (tertiary/aromatic N) is 2. The number of hydrogen-bond acceptors (Lipinski definition) is 6. The van der Waals surface area contributed by atoms with Gasteiger partial charge >= 0.3 is 5.97 Å². The van der Waals surface area contributed by atoms with Gasteiger partial charge in [-0.15, -0.1) is 0 Å². The van der Waals surface area contributed by atoms with Crippen molar-refractivity contribution in [2.75, 3.05) is 17.2 Å². The summed E-state index contributed by atoms with van der Waals surface area (Å²) in [5, 5.41) is 6.24. The van der Waals surface area contributed by atoms with Gasteiger partial charge in [0, 0.05) is 18.2 Å². The highest BCUT2D eigenvalue weighted by Crippen LogP contribution is 2.22. The van der Waals surface area contributed by atoms with Crippen molar-refractivity contribution in [3.8, 4) is 0 Å². The molecule has 3 aromatic rings. The Morgan fingerprint density at radius 1 is 1.07 bits per heavy atom. The normalized spacial score (nSPS) is 10.4. The quantitative estimate of drug-likeness (QED) is 0.590. The maximum atomic E-state index is 13.8. The Kier molecular flexibility index (Phi) is 6.16. The molecule has 0 radical (unpaired) electrons. The summed E-state index contributed by atoms with van der Waals surface area (Å²) >= 11 is 0. The van der Waals surface area contributed by atoms with Crippen molar-refractivity contribution in [1.29, 1.82) is 0 Å². The van der Waals surface area contributed by atoms with Gasteiger partial charge in [-0.1, -0.05) is 30.3 Å². The predicted octanol–water partition coefficient (Wildman–Crippen LogP) is 4.46. The summed E-state index contributed by atoms with van der Waals surface area (Å²) in [5.74, 6) is 0.915. The van der Waals surface area contributed by atoms with Crippen molar-refractivity contribution in [2.45, 2.75) is 20.4 Å². The molecule has 0 aliphatic rings. The molecule has 0 fully saturated rings. The van der Waals surface area contributed by atoms with Gasteiger partial charge in [-0.25, -0.2) is 19.2 Å². The number of carbonyl (C=O) groups excluding carboxylic acids is 1. The lowest BCUT2D eigenvalue weighted by atomic mass is 10.2. The second kappa shape index (κ2) is 8.94. The third-order valence-corrected chi connectivity index (χ3v) is 3.94. The number of aromatic nitrogens is 2. The van der Waals surface area contributed by atoms with Crippen LogP contribution in [0, 0.1) is 12.7 Å². The fraction of sp³-hybridized carbons (Fsp3) is 0.190. The van der Waals surface area contributed by atoms with Gasteiger partial charge in [0.1, 0.15) is 23.3 Å². The van der Waals surface area contributed by atoms with E-state index in [9.17, 15) is 9.18 Å². The minimum Gasteiger partial charge on any atom is -0.462 e. The van der Waals surface area contributed by atoms with Crippen molar-refractivity contribution in [1.82, 2.24) is 9.97 Å². The van der Waals surface area contributed by atoms with Crippen LogP contribution in [0.3, 0.4) is 0 Å². The summed E-state index contributed by atoms with van der Waals surface area (Å²) in [6, 6.07) is 15.3. The van der Waals surface area contributed by atoms with E-state index in [0.29, 0.717) is 47.4 Å². The number of benzene rings is 2. The second-order valence-electron chi connectivity index (χ2n) is 6.02. The zero-order chi connectivity index (χ0) is 19.9. The summed E-state index contributed by atoms with van der Waals surface area (Å²) in [4.78, 5) is 20.8. The van der Waals surface area contributed by atoms with Gasteiger partial charge < -0.3 is 15.4 Å². The highest BCUT2D eigenvalue weighted by molar-refractivity contribution is 5.96. The van der Waals surface area contributed by atoms with Gasteiger partial charge in [0.25, 0.3) is 0 Å². The van der Waals surface area contributed by atoms with E-state index in [1.807, 2.05) is 6.07 Å². The third kappa shape index (κ3) is 4.82. The predicted molar refractivity (Wildman–Crippen MR) is 106 cm³/mol. The van der Waals surface area contributed by atoms with Crippen LogP contribution in [0.15, 0.2) is 54.6 Å². The maximum Gasteiger partial charge on any atom is 0.340 e. The van der Waals surface area contributed by atoms with E-state index < -0.39 is 5.97 Å². The van der Waals surface area contributed by atoms with E-state index in [4.69, 9.17) is 4.74 Å². The number of carbonyl (C=O) groups is 1. The Labute approximate surface area is 162 Å². The lowest BCUT2D eigenvalue weighted by Crippen LogP contribution is -2.09. The summed E-state index contributed by atoms with van der Waals surface area (Å²) in [6.07, 6.45) is 0. The van der Waals surface area contributed by atoms with Crippen LogP contribution >= 0.6 is 0 Å². The Hall–Kier alpha value is -3.48. The van der Waals surface area contributed by atoms with E-state index >= 15 is 0 Å². The molecule has 2 aromatic carbocycles. The van der Waals surface area contributed by atoms with Gasteiger partial charge in [-0.2, -0.15) is 0 Å². The zero-order valence-corrected chi connectivity index (χ0v) is 15.7. The number of anilines is 3. The first-order valence-electron chi connectivity index (χ1n) is 8.93. The first-order chi connectivity index (χ1) is 13.6. The Morgan fingerprint density at radius 2 is 1.79 bits per heavy atom. The minimum atomic E-state index is -0.408. The van der Waals surface area contributed by atoms with Crippen LogP contribution in [0.1, 0.15) is 28.7 Å². The molecule has 0 unspecified atom stereocenters. The molecule has 2 N–H and O–H groups in total. The van der Waals surface area contributed by atoms with Crippen LogP contribution in [-0.4, -0.2) is 22.5 Å². The van der Waals surface area contributed by atoms with Crippen LogP contribution in [-0.2, 0) is 11.3 Å². The van der Waals surface area contributed by atoms with Crippen molar-refractivity contribution < 1.29 is 13.9 Å². The molecule has 28 heavy (non-hydrogen) atoms. The molecule has 144 valence electrons. The zero-order valence-electron chi connectivity index (χ0n) is 15.7. The Morgan fingerprint density at radius 3 is 2.57 bits per heavy atom. The number of hydrogen-bond donors (Lipinski definition) is 2. The number of rotatable bonds is 7. The van der Waals surface area contributed by atoms with E-state index in [1.54, 1.807) is 56.3 Å². The van der Waals surface area contributed by atoms with Crippen molar-refractivity contribution in [2.24, 2.45) is 0 Å². The number of ether oxygens (including phenoxy) is 1. The largest absolute Gasteiger partial charge is 0.462 e. The lowest BCUT2D eigenvalue weighted by molar-refractivity contribution is 0.0527. The number of aryl methyl sites for hydroxylation is 1. The van der Waals surface area contributed by atoms with Crippen LogP contribution in [0.5, 0.6) is 0 Å². The number of nitrogens with one attached hydrogen (secondary N) is 2. The minimum absolute atomic E-state index is 0.275. The van der Waals surface area contributed by atoms with Crippen LogP contribution in [0.2, 0.25) is 0 Å². The molecule has 0 atom stereocenters. The molecule has 0 aliphatic carbocycles. The molecule has 6 nitrogen and oxygen atoms in total. The maximum absolute atomic E-state index is 13.8. The van der Waals surface area contributed by atoms with Gasteiger partial charge in [0.15, 0.2) is 0 Å². The number of halogens is 1. The van der Waals surface area contributed by atoms with Gasteiger partial charge in [-0.05, 0) is 32.0 Å². The fourth-order valence-corrected chi connectivity index (χ4v) is 2.67. The smallest absolute Gasteiger partial charge is 0.340 e. The monoisotopic (exact) mass is 380 g/mol. The summed E-state index contributed by atoms with van der Waals surface area (Å²) in [7, 11) is 0. The van der Waals surface area contributed by atoms with E-state index in [2.05, 4.69) is 20.6 Å². The Balaban J connectivity index is 1.79. The van der Waals surface area contributed by atoms with Gasteiger partial charge in [0.2, 0.25) is 0 Å². The second-order valence-corrected chi connectivity index (χ2v) is 6.02. The standard InChI is InChI=1S/C21H21FN4O2/c1-3-28-21(27)16-9-5-7-11-18(16)26-20-12-19(24-14(2)25-20)23-13-15-8-4-6-10-17(15)22/h4-12H,3,13H2,1-2H3,(H2,23,24,25,26). The summed E-state index contributed by atoms with van der Waals surface area (Å²) in [5.41, 5.74) is 1.54. The van der Waals surface area contributed by atoms with E-state index in [1.165, 1.54) is 6.07 Å². The first kappa shape index (κ1) is 19.3. The molecule has 0 amide bonds. The number of para-hydroxylation sites is 1. The van der Waals surface area contributed by atoms with E-state index in [0.717, 1.165) is 0 Å². The summed E-state index contributed by atoms with van der Waals surface area (Å²) < 4.78 is 18.9. The average Bonchev–Trinajstić information content (AvgIpc) is 2.67. The Bertz CT molecular complexity index is 978. The van der Waals surface area contributed by atoms with Gasteiger partial charge in [-0.3, -0.25) is 0 Å². The molecule has 1 aromatic heterocycles. The highest BCUT2D eigenvalue weighted by atomic mass is 19.1. The molecular weight excluding hydrogens is 359 g/mol. The number of esters is 1. The van der Waals surface area contributed by atoms with Crippen molar-refractivity contribution in [3.63, 3.8) is 0 Å². The first-order valence-corrected chi connectivity index (χ1v) is 8.93. The van der Waals surface area contributed by atoms with Crippen LogP contribution < -0.4 is 10.6 Å². The third-order valence-electron chi connectivity index (χ3n) is 3.94. The molecule has 0 spiro atoms. The molecular formula is C21H21FN4O2. The van der Waals surface area contributed by atoms with Crippen molar-refractivity contribution >= 4 is 23.3 Å². The molecule has 0 aliphatic heterocycles. The topological polar surface area (TPSA) is 76.1 Å². The molecule has 0 saturated heterocycles. The fourth-order valence-electron chi connectivity index (χ4n) is 2.67. The summed E-state index contributed by atoms with van der Waals surface area (Å²) in [6.45, 7) is 4.11. The molecule has 7 heteroatoms. The van der Waals surface area contributed by atoms with Gasteiger partial charge in [0.05, 0.1) is 17.9 Å². The van der Waals surface area contributed by atoms with Crippen molar-refractivity contribution in [3.05, 3.63) is 77.4 Å². The van der Waals surface area contributed by atoms with Crippen LogP contribution in [0.4, 0.5) is 21.7 Å². The molecule has 0 saturated carbocycles. The molecule has 0 bridgehead atoms.